The zero-order chi connectivity index (χ0) is 15.2. The van der Waals surface area contributed by atoms with Gasteiger partial charge in [0.15, 0.2) is 0 Å². The molecule has 0 aliphatic carbocycles. The van der Waals surface area contributed by atoms with Crippen LogP contribution in [-0.4, -0.2) is 16.1 Å². The minimum absolute atomic E-state index is 0.0669. The van der Waals surface area contributed by atoms with Crippen molar-refractivity contribution in [1.82, 2.24) is 4.98 Å². The Bertz CT molecular complexity index is 611. The van der Waals surface area contributed by atoms with E-state index in [-0.39, 0.29) is 11.6 Å². The SMILES string of the molecule is CCCc1cc(C(=O)O)cc(NC(C)c2ccccc2)n1. The molecule has 110 valence electrons. The van der Waals surface area contributed by atoms with Crippen molar-refractivity contribution in [2.75, 3.05) is 5.32 Å². The maximum absolute atomic E-state index is 11.2. The van der Waals surface area contributed by atoms with Crippen molar-refractivity contribution in [2.45, 2.75) is 32.7 Å². The van der Waals surface area contributed by atoms with Crippen LogP contribution in [0.15, 0.2) is 42.5 Å². The first-order valence-electron chi connectivity index (χ1n) is 7.16. The molecule has 2 rings (SSSR count). The van der Waals surface area contributed by atoms with Crippen LogP contribution in [0.5, 0.6) is 0 Å². The van der Waals surface area contributed by atoms with Gasteiger partial charge < -0.3 is 10.4 Å². The highest BCUT2D eigenvalue weighted by Gasteiger charge is 2.11. The highest BCUT2D eigenvalue weighted by atomic mass is 16.4. The van der Waals surface area contributed by atoms with Crippen LogP contribution in [0.4, 0.5) is 5.82 Å². The number of hydrogen-bond donors (Lipinski definition) is 2. The van der Waals surface area contributed by atoms with Gasteiger partial charge in [0, 0.05) is 11.7 Å². The molecule has 0 saturated heterocycles. The molecule has 0 aliphatic heterocycles. The first-order valence-corrected chi connectivity index (χ1v) is 7.16. The van der Waals surface area contributed by atoms with Gasteiger partial charge in [0.05, 0.1) is 5.56 Å². The minimum Gasteiger partial charge on any atom is -0.478 e. The number of carboxylic acids is 1. The molecular formula is C17H20N2O2. The second kappa shape index (κ2) is 6.88. The van der Waals surface area contributed by atoms with E-state index in [0.717, 1.165) is 24.1 Å². The van der Waals surface area contributed by atoms with Crippen LogP contribution in [-0.2, 0) is 6.42 Å². The molecule has 1 unspecified atom stereocenters. The van der Waals surface area contributed by atoms with E-state index in [9.17, 15) is 9.90 Å². The second-order valence-electron chi connectivity index (χ2n) is 5.06. The fourth-order valence-electron chi connectivity index (χ4n) is 2.22. The van der Waals surface area contributed by atoms with Gasteiger partial charge >= 0.3 is 5.97 Å². The van der Waals surface area contributed by atoms with E-state index in [2.05, 4.69) is 17.2 Å². The highest BCUT2D eigenvalue weighted by Crippen LogP contribution is 2.19. The lowest BCUT2D eigenvalue weighted by atomic mass is 10.1. The van der Waals surface area contributed by atoms with Crippen LogP contribution in [0, 0.1) is 0 Å². The predicted octanol–water partition coefficient (Wildman–Crippen LogP) is 3.91. The third-order valence-electron chi connectivity index (χ3n) is 3.30. The molecule has 0 bridgehead atoms. The number of hydrogen-bond acceptors (Lipinski definition) is 3. The number of aromatic nitrogens is 1. The van der Waals surface area contributed by atoms with Gasteiger partial charge in [-0.1, -0.05) is 43.7 Å². The minimum atomic E-state index is -0.926. The first kappa shape index (κ1) is 15.0. The first-order chi connectivity index (χ1) is 10.1. The summed E-state index contributed by atoms with van der Waals surface area (Å²) in [5.74, 6) is -0.320. The molecule has 4 heteroatoms. The van der Waals surface area contributed by atoms with Crippen LogP contribution in [0.1, 0.15) is 47.9 Å². The lowest BCUT2D eigenvalue weighted by Crippen LogP contribution is -2.10. The van der Waals surface area contributed by atoms with E-state index < -0.39 is 5.97 Å². The summed E-state index contributed by atoms with van der Waals surface area (Å²) in [5, 5.41) is 12.5. The van der Waals surface area contributed by atoms with E-state index in [4.69, 9.17) is 0 Å². The number of nitrogens with zero attached hydrogens (tertiary/aromatic N) is 1. The number of anilines is 1. The van der Waals surface area contributed by atoms with E-state index in [1.54, 1.807) is 12.1 Å². The molecule has 4 nitrogen and oxygen atoms in total. The van der Waals surface area contributed by atoms with Crippen LogP contribution in [0.3, 0.4) is 0 Å². The number of aryl methyl sites for hydroxylation is 1. The van der Waals surface area contributed by atoms with Gasteiger partial charge in [0.25, 0.3) is 0 Å². The third kappa shape index (κ3) is 4.05. The molecule has 1 atom stereocenters. The molecule has 0 spiro atoms. The molecule has 1 aromatic carbocycles. The largest absolute Gasteiger partial charge is 0.478 e. The zero-order valence-electron chi connectivity index (χ0n) is 12.3. The van der Waals surface area contributed by atoms with Crippen molar-refractivity contribution in [3.05, 3.63) is 59.3 Å². The topological polar surface area (TPSA) is 62.2 Å². The van der Waals surface area contributed by atoms with Crippen LogP contribution < -0.4 is 5.32 Å². The second-order valence-corrected chi connectivity index (χ2v) is 5.06. The highest BCUT2D eigenvalue weighted by molar-refractivity contribution is 5.88. The molecular weight excluding hydrogens is 264 g/mol. The van der Waals surface area contributed by atoms with E-state index in [1.165, 1.54) is 0 Å². The smallest absolute Gasteiger partial charge is 0.335 e. The third-order valence-corrected chi connectivity index (χ3v) is 3.30. The Morgan fingerprint density at radius 1 is 1.29 bits per heavy atom. The number of carbonyl (C=O) groups is 1. The molecule has 21 heavy (non-hydrogen) atoms. The Morgan fingerprint density at radius 2 is 2.00 bits per heavy atom. The molecule has 2 aromatic rings. The average Bonchev–Trinajstić information content (AvgIpc) is 2.48. The van der Waals surface area contributed by atoms with Crippen LogP contribution in [0.25, 0.3) is 0 Å². The van der Waals surface area contributed by atoms with Gasteiger partial charge in [-0.3, -0.25) is 0 Å². The van der Waals surface area contributed by atoms with Gasteiger partial charge in [0.1, 0.15) is 5.82 Å². The molecule has 0 amide bonds. The van der Waals surface area contributed by atoms with Crippen molar-refractivity contribution in [3.8, 4) is 0 Å². The maximum Gasteiger partial charge on any atom is 0.335 e. The van der Waals surface area contributed by atoms with Crippen molar-refractivity contribution in [3.63, 3.8) is 0 Å². The van der Waals surface area contributed by atoms with E-state index >= 15 is 0 Å². The van der Waals surface area contributed by atoms with Gasteiger partial charge in [0.2, 0.25) is 0 Å². The monoisotopic (exact) mass is 284 g/mol. The normalized spacial score (nSPS) is 11.9. The number of nitrogens with one attached hydrogen (secondary N) is 1. The number of pyridine rings is 1. The molecule has 0 aliphatic rings. The van der Waals surface area contributed by atoms with Crippen molar-refractivity contribution >= 4 is 11.8 Å². The Kier molecular flexibility index (Phi) is 4.93. The molecule has 2 N–H and O–H groups in total. The van der Waals surface area contributed by atoms with Gasteiger partial charge in [-0.15, -0.1) is 0 Å². The average molecular weight is 284 g/mol. The van der Waals surface area contributed by atoms with Crippen LogP contribution >= 0.6 is 0 Å². The summed E-state index contributed by atoms with van der Waals surface area (Å²) in [6, 6.07) is 13.3. The maximum atomic E-state index is 11.2. The lowest BCUT2D eigenvalue weighted by Gasteiger charge is -2.16. The Balaban J connectivity index is 2.24. The van der Waals surface area contributed by atoms with Crippen LogP contribution in [0.2, 0.25) is 0 Å². The van der Waals surface area contributed by atoms with Crippen molar-refractivity contribution < 1.29 is 9.90 Å². The standard InChI is InChI=1S/C17H20N2O2/c1-3-7-15-10-14(17(20)21)11-16(19-15)18-12(2)13-8-5-4-6-9-13/h4-6,8-12H,3,7H2,1-2H3,(H,18,19)(H,20,21). The van der Waals surface area contributed by atoms with Crippen molar-refractivity contribution in [2.24, 2.45) is 0 Å². The lowest BCUT2D eigenvalue weighted by molar-refractivity contribution is 0.0696. The summed E-state index contributed by atoms with van der Waals surface area (Å²) in [4.78, 5) is 15.7. The number of carboxylic acid groups (broad SMARTS) is 1. The molecule has 1 aromatic heterocycles. The fourth-order valence-corrected chi connectivity index (χ4v) is 2.22. The number of benzene rings is 1. The molecule has 0 saturated carbocycles. The Morgan fingerprint density at radius 3 is 2.62 bits per heavy atom. The Labute approximate surface area is 124 Å². The number of rotatable bonds is 6. The summed E-state index contributed by atoms with van der Waals surface area (Å²) >= 11 is 0. The molecule has 0 radical (unpaired) electrons. The van der Waals surface area contributed by atoms with E-state index in [1.807, 2.05) is 37.3 Å². The van der Waals surface area contributed by atoms with Gasteiger partial charge in [-0.2, -0.15) is 0 Å². The van der Waals surface area contributed by atoms with Gasteiger partial charge in [-0.05, 0) is 31.0 Å². The molecule has 0 fully saturated rings. The summed E-state index contributed by atoms with van der Waals surface area (Å²) in [5.41, 5.74) is 2.22. The predicted molar refractivity (Wildman–Crippen MR) is 83.7 cm³/mol. The quantitative estimate of drug-likeness (QED) is 0.844. The zero-order valence-corrected chi connectivity index (χ0v) is 12.3. The fraction of sp³-hybridized carbons (Fsp3) is 0.294. The summed E-state index contributed by atoms with van der Waals surface area (Å²) in [6.07, 6.45) is 1.71. The Hall–Kier alpha value is -2.36. The summed E-state index contributed by atoms with van der Waals surface area (Å²) < 4.78 is 0. The van der Waals surface area contributed by atoms with Gasteiger partial charge in [-0.25, -0.2) is 9.78 Å². The van der Waals surface area contributed by atoms with Crippen molar-refractivity contribution in [1.29, 1.82) is 0 Å². The number of aromatic carboxylic acids is 1. The summed E-state index contributed by atoms with van der Waals surface area (Å²) in [7, 11) is 0. The van der Waals surface area contributed by atoms with E-state index in [0.29, 0.717) is 5.82 Å². The summed E-state index contributed by atoms with van der Waals surface area (Å²) in [6.45, 7) is 4.08. The molecule has 1 heterocycles.